The van der Waals surface area contributed by atoms with E-state index in [1.54, 1.807) is 11.0 Å². The molecule has 0 unspecified atom stereocenters. The maximum atomic E-state index is 12.7. The van der Waals surface area contributed by atoms with Gasteiger partial charge in [0.1, 0.15) is 0 Å². The zero-order valence-corrected chi connectivity index (χ0v) is 13.7. The summed E-state index contributed by atoms with van der Waals surface area (Å²) < 4.78 is 0. The van der Waals surface area contributed by atoms with Crippen molar-refractivity contribution in [1.29, 1.82) is 0 Å². The largest absolute Gasteiger partial charge is 0.361 e. The van der Waals surface area contributed by atoms with Gasteiger partial charge in [0.15, 0.2) is 0 Å². The second kappa shape index (κ2) is 5.98. The molecule has 3 amide bonds. The van der Waals surface area contributed by atoms with E-state index in [9.17, 15) is 9.59 Å². The third-order valence-corrected chi connectivity index (χ3v) is 4.43. The highest BCUT2D eigenvalue weighted by Crippen LogP contribution is 2.25. The van der Waals surface area contributed by atoms with Crippen molar-refractivity contribution in [3.63, 3.8) is 0 Å². The number of rotatable bonds is 3. The molecule has 6 nitrogen and oxygen atoms in total. The van der Waals surface area contributed by atoms with Crippen molar-refractivity contribution in [3.05, 3.63) is 60.3 Å². The minimum absolute atomic E-state index is 0.0760. The van der Waals surface area contributed by atoms with Gasteiger partial charge in [-0.3, -0.25) is 9.69 Å². The first-order chi connectivity index (χ1) is 12.1. The normalized spacial score (nSPS) is 16.9. The molecule has 1 atom stereocenters. The fourth-order valence-corrected chi connectivity index (χ4v) is 3.20. The van der Waals surface area contributed by atoms with Crippen molar-refractivity contribution >= 4 is 34.2 Å². The number of amides is 3. The van der Waals surface area contributed by atoms with Crippen molar-refractivity contribution in [2.75, 3.05) is 16.8 Å². The van der Waals surface area contributed by atoms with Gasteiger partial charge in [-0.25, -0.2) is 4.79 Å². The fourth-order valence-electron chi connectivity index (χ4n) is 3.20. The number of anilines is 2. The van der Waals surface area contributed by atoms with E-state index in [2.05, 4.69) is 15.6 Å². The van der Waals surface area contributed by atoms with E-state index in [0.29, 0.717) is 17.8 Å². The Bertz CT molecular complexity index is 963. The Morgan fingerprint density at radius 3 is 2.84 bits per heavy atom. The molecule has 3 aromatic rings. The first kappa shape index (κ1) is 15.3. The van der Waals surface area contributed by atoms with E-state index in [-0.39, 0.29) is 18.0 Å². The van der Waals surface area contributed by atoms with E-state index in [1.807, 2.05) is 55.6 Å². The Morgan fingerprint density at radius 2 is 2.04 bits per heavy atom. The Hall–Kier alpha value is -3.28. The van der Waals surface area contributed by atoms with Gasteiger partial charge in [-0.15, -0.1) is 0 Å². The first-order valence-corrected chi connectivity index (χ1v) is 8.18. The van der Waals surface area contributed by atoms with Crippen LogP contribution in [0.25, 0.3) is 10.9 Å². The number of hydrogen-bond acceptors (Lipinski definition) is 2. The van der Waals surface area contributed by atoms with Crippen LogP contribution in [0.5, 0.6) is 0 Å². The highest BCUT2D eigenvalue weighted by Gasteiger charge is 2.28. The average Bonchev–Trinajstić information content (AvgIpc) is 3.21. The van der Waals surface area contributed by atoms with Crippen LogP contribution in [0.4, 0.5) is 16.2 Å². The molecule has 1 aromatic heterocycles. The topological polar surface area (TPSA) is 77.2 Å². The molecule has 0 aliphatic carbocycles. The van der Waals surface area contributed by atoms with Crippen LogP contribution in [0.15, 0.2) is 54.7 Å². The van der Waals surface area contributed by atoms with Crippen molar-refractivity contribution < 1.29 is 9.59 Å². The molecule has 1 saturated heterocycles. The second-order valence-corrected chi connectivity index (χ2v) is 6.15. The van der Waals surface area contributed by atoms with E-state index in [0.717, 1.165) is 16.6 Å². The summed E-state index contributed by atoms with van der Waals surface area (Å²) in [4.78, 5) is 29.5. The molecule has 0 saturated carbocycles. The number of fused-ring (bicyclic) bond motifs is 1. The first-order valence-electron chi connectivity index (χ1n) is 8.18. The summed E-state index contributed by atoms with van der Waals surface area (Å²) in [7, 11) is 0. The standard InChI is InChI=1S/C19H18N4O2/c1-12-11-21-19(25)23(12)14-5-2-4-13(10-14)22-18(24)16-6-3-7-17-15(16)8-9-20-17/h2-10,12,20H,11H2,1H3,(H,21,25)(H,22,24)/t12-/m0/s1. The summed E-state index contributed by atoms with van der Waals surface area (Å²) in [5.74, 6) is -0.179. The Morgan fingerprint density at radius 1 is 1.20 bits per heavy atom. The summed E-state index contributed by atoms with van der Waals surface area (Å²) in [6, 6.07) is 14.8. The van der Waals surface area contributed by atoms with Crippen LogP contribution in [0.1, 0.15) is 17.3 Å². The molecule has 6 heteroatoms. The molecule has 1 fully saturated rings. The quantitative estimate of drug-likeness (QED) is 0.687. The average molecular weight is 334 g/mol. The summed E-state index contributed by atoms with van der Waals surface area (Å²) in [6.07, 6.45) is 1.81. The molecule has 0 spiro atoms. The number of H-pyrrole nitrogens is 1. The van der Waals surface area contributed by atoms with Crippen LogP contribution in [0.3, 0.4) is 0 Å². The lowest BCUT2D eigenvalue weighted by molar-refractivity contribution is 0.102. The number of urea groups is 1. The number of aromatic nitrogens is 1. The van der Waals surface area contributed by atoms with Gasteiger partial charge >= 0.3 is 6.03 Å². The highest BCUT2D eigenvalue weighted by atomic mass is 16.2. The van der Waals surface area contributed by atoms with Crippen molar-refractivity contribution in [2.45, 2.75) is 13.0 Å². The minimum Gasteiger partial charge on any atom is -0.361 e. The molecule has 126 valence electrons. The number of benzene rings is 2. The van der Waals surface area contributed by atoms with Gasteiger partial charge in [-0.1, -0.05) is 12.1 Å². The fraction of sp³-hybridized carbons (Fsp3) is 0.158. The Kier molecular flexibility index (Phi) is 3.65. The highest BCUT2D eigenvalue weighted by molar-refractivity contribution is 6.12. The second-order valence-electron chi connectivity index (χ2n) is 6.15. The lowest BCUT2D eigenvalue weighted by Crippen LogP contribution is -2.32. The predicted molar refractivity (Wildman–Crippen MR) is 98.0 cm³/mol. The number of nitrogens with one attached hydrogen (secondary N) is 3. The van der Waals surface area contributed by atoms with Crippen molar-refractivity contribution in [2.24, 2.45) is 0 Å². The minimum atomic E-state index is -0.179. The molecule has 1 aliphatic rings. The van der Waals surface area contributed by atoms with Crippen LogP contribution in [0.2, 0.25) is 0 Å². The number of carbonyl (C=O) groups is 2. The van der Waals surface area contributed by atoms with Crippen molar-refractivity contribution in [3.8, 4) is 0 Å². The molecule has 0 radical (unpaired) electrons. The Balaban J connectivity index is 1.61. The molecule has 4 rings (SSSR count). The van der Waals surface area contributed by atoms with E-state index in [4.69, 9.17) is 0 Å². The van der Waals surface area contributed by atoms with Gasteiger partial charge in [0.2, 0.25) is 0 Å². The monoisotopic (exact) mass is 334 g/mol. The van der Waals surface area contributed by atoms with Crippen LogP contribution in [-0.4, -0.2) is 29.5 Å². The molecule has 2 heterocycles. The molecular weight excluding hydrogens is 316 g/mol. The van der Waals surface area contributed by atoms with Crippen LogP contribution in [-0.2, 0) is 0 Å². The third-order valence-electron chi connectivity index (χ3n) is 4.43. The van der Waals surface area contributed by atoms with E-state index >= 15 is 0 Å². The SMILES string of the molecule is C[C@H]1CNC(=O)N1c1cccc(NC(=O)c2cccc3[nH]ccc23)c1. The van der Waals surface area contributed by atoms with Gasteiger partial charge in [-0.05, 0) is 43.3 Å². The summed E-state index contributed by atoms with van der Waals surface area (Å²) in [6.45, 7) is 2.60. The number of carbonyl (C=O) groups excluding carboxylic acids is 2. The Labute approximate surface area is 144 Å². The van der Waals surface area contributed by atoms with Crippen LogP contribution < -0.4 is 15.5 Å². The van der Waals surface area contributed by atoms with Crippen LogP contribution >= 0.6 is 0 Å². The lowest BCUT2D eigenvalue weighted by atomic mass is 10.1. The van der Waals surface area contributed by atoms with Gasteiger partial charge < -0.3 is 15.6 Å². The number of nitrogens with zero attached hydrogens (tertiary/aromatic N) is 1. The van der Waals surface area contributed by atoms with E-state index < -0.39 is 0 Å². The van der Waals surface area contributed by atoms with Gasteiger partial charge in [0.05, 0.1) is 6.04 Å². The molecule has 3 N–H and O–H groups in total. The summed E-state index contributed by atoms with van der Waals surface area (Å²) >= 11 is 0. The third kappa shape index (κ3) is 2.71. The number of aromatic amines is 1. The molecule has 25 heavy (non-hydrogen) atoms. The summed E-state index contributed by atoms with van der Waals surface area (Å²) in [5.41, 5.74) is 2.95. The zero-order chi connectivity index (χ0) is 17.4. The molecule has 2 aromatic carbocycles. The lowest BCUT2D eigenvalue weighted by Gasteiger charge is -2.20. The zero-order valence-electron chi connectivity index (χ0n) is 13.7. The predicted octanol–water partition coefficient (Wildman–Crippen LogP) is 3.34. The van der Waals surface area contributed by atoms with E-state index in [1.165, 1.54) is 0 Å². The smallest absolute Gasteiger partial charge is 0.322 e. The maximum absolute atomic E-state index is 12.7. The molecule has 0 bridgehead atoms. The van der Waals surface area contributed by atoms with Gasteiger partial charge in [0, 0.05) is 40.6 Å². The van der Waals surface area contributed by atoms with Crippen LogP contribution in [0, 0.1) is 0 Å². The number of hydrogen-bond donors (Lipinski definition) is 3. The molecular formula is C19H18N4O2. The maximum Gasteiger partial charge on any atom is 0.322 e. The molecule has 1 aliphatic heterocycles. The van der Waals surface area contributed by atoms with Crippen molar-refractivity contribution in [1.82, 2.24) is 10.3 Å². The van der Waals surface area contributed by atoms with Gasteiger partial charge in [-0.2, -0.15) is 0 Å². The van der Waals surface area contributed by atoms with Gasteiger partial charge in [0.25, 0.3) is 5.91 Å². The summed E-state index contributed by atoms with van der Waals surface area (Å²) in [5, 5.41) is 6.62.